The van der Waals surface area contributed by atoms with E-state index < -0.39 is 75.6 Å². The van der Waals surface area contributed by atoms with Crippen LogP contribution in [0.3, 0.4) is 0 Å². The van der Waals surface area contributed by atoms with Gasteiger partial charge in [0, 0.05) is 22.2 Å². The number of hydrogen-bond acceptors (Lipinski definition) is 9. The molecule has 2 aromatic rings. The first kappa shape index (κ1) is 27.5. The Morgan fingerprint density at radius 2 is 1.85 bits per heavy atom. The van der Waals surface area contributed by atoms with Crippen LogP contribution in [-0.2, 0) is 38.7 Å². The molecule has 13 heteroatoms. The molecule has 3 unspecified atom stereocenters. The molecule has 0 saturated carbocycles. The maximum absolute atomic E-state index is 15.4. The van der Waals surface area contributed by atoms with Crippen LogP contribution < -0.4 is 0 Å². The minimum atomic E-state index is -4.61. The molecular weight excluding hydrogens is 573 g/mol. The van der Waals surface area contributed by atoms with Gasteiger partial charge in [-0.2, -0.15) is 0 Å². The highest BCUT2D eigenvalue weighted by atomic mass is 35.5. The third kappa shape index (κ3) is 4.78. The molecule has 9 nitrogen and oxygen atoms in total. The zero-order chi connectivity index (χ0) is 28.1. The lowest BCUT2D eigenvalue weighted by Gasteiger charge is -2.32. The second kappa shape index (κ2) is 10.1. The molecule has 3 aliphatic heterocycles. The summed E-state index contributed by atoms with van der Waals surface area (Å²) in [5.41, 5.74) is -0.562. The molecule has 0 spiro atoms. The first-order valence-corrected chi connectivity index (χ1v) is 15.6. The molecule has 3 heterocycles. The van der Waals surface area contributed by atoms with Crippen LogP contribution in [0.5, 0.6) is 0 Å². The van der Waals surface area contributed by atoms with Gasteiger partial charge in [0.25, 0.3) is 0 Å². The summed E-state index contributed by atoms with van der Waals surface area (Å²) in [5, 5.41) is -0.149. The highest BCUT2D eigenvalue weighted by Crippen LogP contribution is 2.49. The van der Waals surface area contributed by atoms with E-state index in [4.69, 9.17) is 21.1 Å². The number of halogens is 2. The van der Waals surface area contributed by atoms with Crippen molar-refractivity contribution in [2.45, 2.75) is 35.5 Å². The second-order valence-corrected chi connectivity index (χ2v) is 13.7. The van der Waals surface area contributed by atoms with Gasteiger partial charge >= 0.3 is 11.9 Å². The van der Waals surface area contributed by atoms with Gasteiger partial charge in [-0.1, -0.05) is 29.8 Å². The molecule has 2 aromatic carbocycles. The summed E-state index contributed by atoms with van der Waals surface area (Å²) in [6.07, 6.45) is 0.673. The fourth-order valence-electron chi connectivity index (χ4n) is 5.24. The average Bonchev–Trinajstić information content (AvgIpc) is 3.25. The smallest absolute Gasteiger partial charge is 0.315 e. The summed E-state index contributed by atoms with van der Waals surface area (Å²) < 4.78 is 80.4. The summed E-state index contributed by atoms with van der Waals surface area (Å²) in [6, 6.07) is 8.86. The monoisotopic (exact) mass is 595 g/mol. The second-order valence-electron chi connectivity index (χ2n) is 9.47. The van der Waals surface area contributed by atoms with Crippen molar-refractivity contribution >= 4 is 48.9 Å². The maximum Gasteiger partial charge on any atom is 0.315 e. The number of fused-ring (bicyclic) bond motifs is 1. The number of benzene rings is 2. The predicted octanol–water partition coefficient (Wildman–Crippen LogP) is 3.62. The van der Waals surface area contributed by atoms with Crippen molar-refractivity contribution in [3.05, 3.63) is 69.5 Å². The zero-order valence-electron chi connectivity index (χ0n) is 20.6. The third-order valence-electron chi connectivity index (χ3n) is 7.07. The Bertz CT molecular complexity index is 1650. The van der Waals surface area contributed by atoms with Gasteiger partial charge in [-0.25, -0.2) is 21.2 Å². The topological polar surface area (TPSA) is 133 Å². The number of rotatable bonds is 5. The zero-order valence-corrected chi connectivity index (χ0v) is 23.0. The summed E-state index contributed by atoms with van der Waals surface area (Å²) in [6.45, 7) is 1.53. The standard InChI is InChI=1S/C26H23ClFNO8S2/c1-14-21(26(31)37-12-10-15-9-11-36-25(15)30)23(22-16(27)5-4-6-17(22)28)24-18(29-14)13-38(32,33)19-7-2-3-8-20(19)39(24,34)35/h2-8,15,21,23H,9-13H2,1H3. The third-order valence-corrected chi connectivity index (χ3v) is 11.2. The van der Waals surface area contributed by atoms with E-state index in [0.29, 0.717) is 6.42 Å². The van der Waals surface area contributed by atoms with E-state index in [1.54, 1.807) is 0 Å². The van der Waals surface area contributed by atoms with Crippen molar-refractivity contribution in [1.82, 2.24) is 0 Å². The molecule has 0 aliphatic carbocycles. The van der Waals surface area contributed by atoms with Crippen LogP contribution in [-0.4, -0.2) is 53.5 Å². The van der Waals surface area contributed by atoms with E-state index >= 15 is 4.39 Å². The lowest BCUT2D eigenvalue weighted by molar-refractivity contribution is -0.149. The molecule has 0 amide bonds. The first-order valence-electron chi connectivity index (χ1n) is 12.1. The normalized spacial score (nSPS) is 25.2. The average molecular weight is 596 g/mol. The number of sulfone groups is 2. The fourth-order valence-corrected chi connectivity index (χ4v) is 9.57. The largest absolute Gasteiger partial charge is 0.465 e. The van der Waals surface area contributed by atoms with E-state index in [1.807, 2.05) is 0 Å². The molecule has 3 atom stereocenters. The lowest BCUT2D eigenvalue weighted by atomic mass is 9.80. The van der Waals surface area contributed by atoms with Gasteiger partial charge in [0.05, 0.1) is 45.3 Å². The Morgan fingerprint density at radius 3 is 2.51 bits per heavy atom. The molecule has 0 radical (unpaired) electrons. The summed E-state index contributed by atoms with van der Waals surface area (Å²) in [7, 11) is -8.78. The number of nitrogens with zero attached hydrogens (tertiary/aromatic N) is 1. The minimum absolute atomic E-state index is 0.0414. The van der Waals surface area contributed by atoms with Crippen LogP contribution in [0.25, 0.3) is 0 Å². The Morgan fingerprint density at radius 1 is 1.13 bits per heavy atom. The van der Waals surface area contributed by atoms with E-state index in [0.717, 1.165) is 12.1 Å². The van der Waals surface area contributed by atoms with E-state index in [1.165, 1.54) is 37.3 Å². The van der Waals surface area contributed by atoms with E-state index in [-0.39, 0.29) is 41.6 Å². The molecule has 1 fully saturated rings. The van der Waals surface area contributed by atoms with Gasteiger partial charge in [0.15, 0.2) is 9.84 Å². The predicted molar refractivity (Wildman–Crippen MR) is 138 cm³/mol. The summed E-state index contributed by atoms with van der Waals surface area (Å²) in [5.74, 6) is -6.38. The number of hydrogen-bond donors (Lipinski definition) is 0. The Labute approximate surface area is 229 Å². The van der Waals surface area contributed by atoms with Crippen molar-refractivity contribution < 1.29 is 40.3 Å². The molecule has 39 heavy (non-hydrogen) atoms. The first-order chi connectivity index (χ1) is 18.4. The highest BCUT2D eigenvalue weighted by molar-refractivity contribution is 7.97. The van der Waals surface area contributed by atoms with Crippen LogP contribution in [0.4, 0.5) is 4.39 Å². The van der Waals surface area contributed by atoms with Gasteiger partial charge in [-0.3, -0.25) is 14.6 Å². The van der Waals surface area contributed by atoms with E-state index in [2.05, 4.69) is 4.99 Å². The SMILES string of the molecule is CC1=NC2=C(C(c3c(F)cccc3Cl)C1C(=O)OCCC1CCOC1=O)S(=O)(=O)c1ccccc1S(=O)(=O)C2. The number of carbonyl (C=O) groups excluding carboxylic acids is 2. The molecule has 206 valence electrons. The number of aliphatic imine (C=N–C) groups is 1. The number of carbonyl (C=O) groups is 2. The van der Waals surface area contributed by atoms with E-state index in [9.17, 15) is 26.4 Å². The molecule has 1 saturated heterocycles. The maximum atomic E-state index is 15.4. The Kier molecular flexibility index (Phi) is 7.15. The van der Waals surface area contributed by atoms with Crippen LogP contribution in [0, 0.1) is 17.7 Å². The number of esters is 2. The van der Waals surface area contributed by atoms with Gasteiger partial charge in [-0.15, -0.1) is 0 Å². The van der Waals surface area contributed by atoms with Crippen LogP contribution in [0.1, 0.15) is 31.2 Å². The number of allylic oxidation sites excluding steroid dienone is 1. The van der Waals surface area contributed by atoms with Gasteiger partial charge < -0.3 is 9.47 Å². The van der Waals surface area contributed by atoms with Crippen LogP contribution >= 0.6 is 11.6 Å². The van der Waals surface area contributed by atoms with Crippen LogP contribution in [0.2, 0.25) is 5.02 Å². The molecular formula is C26H23ClFNO8S2. The van der Waals surface area contributed by atoms with Gasteiger partial charge in [-0.05, 0) is 44.0 Å². The van der Waals surface area contributed by atoms with Crippen molar-refractivity contribution in [1.29, 1.82) is 0 Å². The minimum Gasteiger partial charge on any atom is -0.465 e. The molecule has 0 bridgehead atoms. The van der Waals surface area contributed by atoms with Gasteiger partial charge in [0.2, 0.25) is 9.84 Å². The quantitative estimate of drug-likeness (QED) is 0.479. The van der Waals surface area contributed by atoms with Crippen molar-refractivity contribution in [3.8, 4) is 0 Å². The van der Waals surface area contributed by atoms with Crippen LogP contribution in [0.15, 0.2) is 67.9 Å². The summed E-state index contributed by atoms with van der Waals surface area (Å²) in [4.78, 5) is 28.1. The lowest BCUT2D eigenvalue weighted by Crippen LogP contribution is -2.37. The Balaban J connectivity index is 1.65. The summed E-state index contributed by atoms with van der Waals surface area (Å²) >= 11 is 6.39. The molecule has 3 aliphatic rings. The molecule has 0 aromatic heterocycles. The van der Waals surface area contributed by atoms with Crippen molar-refractivity contribution in [2.75, 3.05) is 19.0 Å². The Hall–Kier alpha value is -3.09. The molecule has 0 N–H and O–H groups in total. The van der Waals surface area contributed by atoms with Crippen molar-refractivity contribution in [3.63, 3.8) is 0 Å². The van der Waals surface area contributed by atoms with Crippen molar-refractivity contribution in [2.24, 2.45) is 16.8 Å². The van der Waals surface area contributed by atoms with Gasteiger partial charge in [0.1, 0.15) is 11.7 Å². The molecule has 5 rings (SSSR count). The highest BCUT2D eigenvalue weighted by Gasteiger charge is 2.50. The fraction of sp³-hybridized carbons (Fsp3) is 0.346. The number of cyclic esters (lactones) is 1. The number of ether oxygens (including phenoxy) is 2.